The number of fused-ring (bicyclic) bond motifs is 1. The van der Waals surface area contributed by atoms with Crippen molar-refractivity contribution in [3.05, 3.63) is 60.0 Å². The van der Waals surface area contributed by atoms with E-state index in [1.807, 2.05) is 42.0 Å². The van der Waals surface area contributed by atoms with Crippen molar-refractivity contribution in [3.63, 3.8) is 0 Å². The summed E-state index contributed by atoms with van der Waals surface area (Å²) in [7, 11) is -1.18. The first-order valence-corrected chi connectivity index (χ1v) is 14.4. The number of aryl methyl sites for hydroxylation is 1. The number of urea groups is 1. The molecule has 0 saturated carbocycles. The van der Waals surface area contributed by atoms with E-state index >= 15 is 0 Å². The predicted molar refractivity (Wildman–Crippen MR) is 128 cm³/mol. The van der Waals surface area contributed by atoms with Gasteiger partial charge in [-0.2, -0.15) is 0 Å². The number of carbonyl (C=O) groups excluding carboxylic acids is 1. The minimum absolute atomic E-state index is 0.233. The van der Waals surface area contributed by atoms with Crippen LogP contribution >= 0.6 is 0 Å². The predicted octanol–water partition coefficient (Wildman–Crippen LogP) is 4.74. The Kier molecular flexibility index (Phi) is 6.00. The number of nitrogens with zero attached hydrogens (tertiary/aromatic N) is 6. The van der Waals surface area contributed by atoms with Gasteiger partial charge in [0.05, 0.1) is 17.6 Å². The van der Waals surface area contributed by atoms with Gasteiger partial charge in [0, 0.05) is 37.8 Å². The number of anilines is 2. The van der Waals surface area contributed by atoms with Crippen LogP contribution in [0.25, 0.3) is 15.6 Å². The fourth-order valence-corrected chi connectivity index (χ4v) is 4.54. The highest BCUT2D eigenvalue weighted by Crippen LogP contribution is 2.33. The first-order valence-electron chi connectivity index (χ1n) is 10.7. The Balaban J connectivity index is 1.61. The van der Waals surface area contributed by atoms with Crippen molar-refractivity contribution < 1.29 is 9.53 Å². The summed E-state index contributed by atoms with van der Waals surface area (Å²) in [6.45, 7) is 17.8. The van der Waals surface area contributed by atoms with Crippen molar-refractivity contribution >= 4 is 36.5 Å². The van der Waals surface area contributed by atoms with E-state index in [9.17, 15) is 4.79 Å². The summed E-state index contributed by atoms with van der Waals surface area (Å²) in [4.78, 5) is 29.3. The lowest BCUT2D eigenvalue weighted by Gasteiger charge is -2.19. The molecule has 2 amide bonds. The molecule has 4 rings (SSSR count). The molecule has 166 valence electrons. The van der Waals surface area contributed by atoms with E-state index in [-0.39, 0.29) is 12.6 Å². The molecule has 3 aromatic rings. The summed E-state index contributed by atoms with van der Waals surface area (Å²) in [5, 5.41) is 1.81. The Labute approximate surface area is 189 Å². The Hall–Kier alpha value is -3.22. The van der Waals surface area contributed by atoms with Crippen LogP contribution in [0.15, 0.2) is 42.9 Å². The molecule has 0 N–H and O–H groups in total. The number of benzene rings is 1. The first-order chi connectivity index (χ1) is 15.3. The lowest BCUT2D eigenvalue weighted by atomic mass is 10.1. The maximum Gasteiger partial charge on any atom is 0.337 e. The van der Waals surface area contributed by atoms with Gasteiger partial charge in [-0.05, 0) is 13.0 Å². The van der Waals surface area contributed by atoms with Crippen molar-refractivity contribution in [3.8, 4) is 0 Å². The van der Waals surface area contributed by atoms with Gasteiger partial charge in [0.1, 0.15) is 13.3 Å². The second-order valence-corrected chi connectivity index (χ2v) is 14.9. The van der Waals surface area contributed by atoms with Crippen LogP contribution in [0.4, 0.5) is 16.4 Å². The molecular weight excluding hydrogens is 420 g/mol. The van der Waals surface area contributed by atoms with Crippen molar-refractivity contribution in [2.24, 2.45) is 0 Å². The van der Waals surface area contributed by atoms with E-state index in [0.717, 1.165) is 22.5 Å². The van der Waals surface area contributed by atoms with Gasteiger partial charge < -0.3 is 4.74 Å². The lowest BCUT2D eigenvalue weighted by Crippen LogP contribution is -2.35. The summed E-state index contributed by atoms with van der Waals surface area (Å²) < 4.78 is 7.75. The number of ether oxygens (including phenoxy) is 1. The fourth-order valence-electron chi connectivity index (χ4n) is 3.79. The molecule has 8 nitrogen and oxygen atoms in total. The van der Waals surface area contributed by atoms with Crippen molar-refractivity contribution in [1.82, 2.24) is 14.5 Å². The molecule has 1 atom stereocenters. The van der Waals surface area contributed by atoms with Crippen LogP contribution in [0.1, 0.15) is 5.69 Å². The van der Waals surface area contributed by atoms with Crippen LogP contribution in [0, 0.1) is 13.5 Å². The third-order valence-electron chi connectivity index (χ3n) is 5.48. The van der Waals surface area contributed by atoms with Crippen molar-refractivity contribution in [1.29, 1.82) is 0 Å². The zero-order valence-corrected chi connectivity index (χ0v) is 19.9. The molecule has 1 saturated heterocycles. The normalized spacial score (nSPS) is 16.7. The quantitative estimate of drug-likeness (QED) is 0.297. The van der Waals surface area contributed by atoms with E-state index in [1.54, 1.807) is 17.3 Å². The van der Waals surface area contributed by atoms with Crippen LogP contribution in [-0.2, 0) is 11.5 Å². The largest absolute Gasteiger partial charge is 0.361 e. The molecule has 1 aromatic carbocycles. The molecule has 0 radical (unpaired) electrons. The maximum absolute atomic E-state index is 13.5. The Bertz CT molecular complexity index is 1170. The number of imidazole rings is 1. The number of aromatic nitrogens is 3. The summed E-state index contributed by atoms with van der Waals surface area (Å²) in [5.41, 5.74) is 1.43. The summed E-state index contributed by atoms with van der Waals surface area (Å²) >= 11 is 0. The molecule has 1 fully saturated rings. The van der Waals surface area contributed by atoms with Crippen molar-refractivity contribution in [2.75, 3.05) is 23.0 Å². The highest BCUT2D eigenvalue weighted by molar-refractivity contribution is 6.76. The highest BCUT2D eigenvalue weighted by atomic mass is 28.3. The zero-order valence-electron chi connectivity index (χ0n) is 18.9. The average Bonchev–Trinajstić information content (AvgIpc) is 3.29. The zero-order chi connectivity index (χ0) is 22.9. The monoisotopic (exact) mass is 448 g/mol. The number of amides is 2. The molecule has 0 aliphatic carbocycles. The SMILES string of the molecule is [C-]#[N+]C1CN(c2nc(C)cn2COCC[Si](C)(C)C)C(=O)N1c1cncc2ccccc12. The number of hydrogen-bond acceptors (Lipinski definition) is 4. The van der Waals surface area contributed by atoms with E-state index in [0.29, 0.717) is 25.0 Å². The Morgan fingerprint density at radius 2 is 2.03 bits per heavy atom. The Morgan fingerprint density at radius 1 is 1.25 bits per heavy atom. The summed E-state index contributed by atoms with van der Waals surface area (Å²) in [6, 6.07) is 8.54. The van der Waals surface area contributed by atoms with Gasteiger partial charge >= 0.3 is 12.2 Å². The number of rotatable bonds is 7. The molecule has 0 spiro atoms. The number of pyridine rings is 1. The standard InChI is InChI=1S/C23H28N6O2Si/c1-17-14-27(16-31-10-11-32(3,4)5)22(26-17)28-15-21(24-2)29(23(28)30)20-13-25-12-18-8-6-7-9-19(18)20/h6-9,12-14,21H,10-11,15-16H2,1,3-5H3. The van der Waals surface area contributed by atoms with Gasteiger partial charge in [-0.15, -0.1) is 0 Å². The minimum atomic E-state index is -1.18. The summed E-state index contributed by atoms with van der Waals surface area (Å²) in [6.07, 6.45) is 4.64. The third kappa shape index (κ3) is 4.37. The molecule has 3 heterocycles. The molecular formula is C23H28N6O2Si. The van der Waals surface area contributed by atoms with E-state index in [2.05, 4.69) is 34.5 Å². The number of carbonyl (C=O) groups is 1. The first kappa shape index (κ1) is 22.0. The molecule has 1 aliphatic heterocycles. The molecule has 32 heavy (non-hydrogen) atoms. The maximum atomic E-state index is 13.5. The average molecular weight is 449 g/mol. The van der Waals surface area contributed by atoms with E-state index in [4.69, 9.17) is 11.3 Å². The van der Waals surface area contributed by atoms with Gasteiger partial charge in [-0.25, -0.2) is 21.3 Å². The van der Waals surface area contributed by atoms with Crippen LogP contribution in [0.2, 0.25) is 25.7 Å². The minimum Gasteiger partial charge on any atom is -0.361 e. The smallest absolute Gasteiger partial charge is 0.337 e. The van der Waals surface area contributed by atoms with Crippen LogP contribution in [-0.4, -0.2) is 48.0 Å². The van der Waals surface area contributed by atoms with Gasteiger partial charge in [-0.1, -0.05) is 43.9 Å². The fraction of sp³-hybridized carbons (Fsp3) is 0.391. The molecule has 1 unspecified atom stereocenters. The summed E-state index contributed by atoms with van der Waals surface area (Å²) in [5.74, 6) is 0.504. The van der Waals surface area contributed by atoms with Gasteiger partial charge in [0.25, 0.3) is 0 Å². The lowest BCUT2D eigenvalue weighted by molar-refractivity contribution is 0.0880. The van der Waals surface area contributed by atoms with Crippen molar-refractivity contribution in [2.45, 2.75) is 45.5 Å². The Morgan fingerprint density at radius 3 is 2.78 bits per heavy atom. The second kappa shape index (κ2) is 8.73. The third-order valence-corrected chi connectivity index (χ3v) is 7.18. The van der Waals surface area contributed by atoms with Gasteiger partial charge in [-0.3, -0.25) is 19.3 Å². The molecule has 2 aromatic heterocycles. The second-order valence-electron chi connectivity index (χ2n) is 9.25. The van der Waals surface area contributed by atoms with Gasteiger partial charge in [0.2, 0.25) is 5.95 Å². The van der Waals surface area contributed by atoms with Gasteiger partial charge in [0.15, 0.2) is 0 Å². The number of hydrogen-bond donors (Lipinski definition) is 0. The molecule has 1 aliphatic rings. The highest BCUT2D eigenvalue weighted by Gasteiger charge is 2.45. The van der Waals surface area contributed by atoms with Crippen LogP contribution in [0.5, 0.6) is 0 Å². The van der Waals surface area contributed by atoms with E-state index < -0.39 is 14.2 Å². The topological polar surface area (TPSA) is 67.9 Å². The van der Waals surface area contributed by atoms with E-state index in [1.165, 1.54) is 4.90 Å². The molecule has 9 heteroatoms. The van der Waals surface area contributed by atoms with Crippen LogP contribution < -0.4 is 9.80 Å². The van der Waals surface area contributed by atoms with Crippen LogP contribution in [0.3, 0.4) is 0 Å². The molecule has 0 bridgehead atoms.